The summed E-state index contributed by atoms with van der Waals surface area (Å²) < 4.78 is 5.05. The van der Waals surface area contributed by atoms with Crippen LogP contribution in [0.1, 0.15) is 12.8 Å². The molecular formula is C8H13NO5. The molecule has 1 aliphatic rings. The highest BCUT2D eigenvalue weighted by atomic mass is 16.5. The van der Waals surface area contributed by atoms with E-state index in [2.05, 4.69) is 5.32 Å². The number of hydrogen-bond acceptors (Lipinski definition) is 4. The molecule has 0 spiro atoms. The molecule has 0 radical (unpaired) electrons. The van der Waals surface area contributed by atoms with E-state index in [9.17, 15) is 9.59 Å². The summed E-state index contributed by atoms with van der Waals surface area (Å²) in [7, 11) is 0. The van der Waals surface area contributed by atoms with E-state index in [1.807, 2.05) is 0 Å². The van der Waals surface area contributed by atoms with Gasteiger partial charge in [-0.15, -0.1) is 0 Å². The summed E-state index contributed by atoms with van der Waals surface area (Å²) in [6, 6.07) is -1.24. The Hall–Kier alpha value is -1.14. The lowest BCUT2D eigenvalue weighted by atomic mass is 10.2. The molecule has 1 heterocycles. The van der Waals surface area contributed by atoms with Crippen LogP contribution < -0.4 is 5.32 Å². The minimum atomic E-state index is -1.25. The lowest BCUT2D eigenvalue weighted by Gasteiger charge is -2.14. The predicted molar refractivity (Wildman–Crippen MR) is 45.6 cm³/mol. The maximum atomic E-state index is 11.3. The maximum absolute atomic E-state index is 11.3. The SMILES string of the molecule is O=C(O)[C@H](CO)NC(=O)[C@@H]1CCCO1. The van der Waals surface area contributed by atoms with Gasteiger partial charge in [-0.2, -0.15) is 0 Å². The third kappa shape index (κ3) is 2.68. The fraction of sp³-hybridized carbons (Fsp3) is 0.750. The van der Waals surface area contributed by atoms with Crippen molar-refractivity contribution in [2.24, 2.45) is 0 Å². The first kappa shape index (κ1) is 10.9. The number of carbonyl (C=O) groups is 2. The molecule has 0 bridgehead atoms. The van der Waals surface area contributed by atoms with Crippen molar-refractivity contribution < 1.29 is 24.5 Å². The number of aliphatic carboxylic acids is 1. The van der Waals surface area contributed by atoms with Gasteiger partial charge < -0.3 is 20.3 Å². The Labute approximate surface area is 80.9 Å². The molecule has 0 aromatic rings. The van der Waals surface area contributed by atoms with E-state index in [4.69, 9.17) is 14.9 Å². The summed E-state index contributed by atoms with van der Waals surface area (Å²) in [4.78, 5) is 21.8. The van der Waals surface area contributed by atoms with Crippen molar-refractivity contribution in [3.8, 4) is 0 Å². The van der Waals surface area contributed by atoms with Crippen LogP contribution in [0.2, 0.25) is 0 Å². The van der Waals surface area contributed by atoms with Crippen LogP contribution in [0.5, 0.6) is 0 Å². The van der Waals surface area contributed by atoms with Crippen molar-refractivity contribution in [1.29, 1.82) is 0 Å². The molecule has 3 N–H and O–H groups in total. The van der Waals surface area contributed by atoms with Crippen molar-refractivity contribution in [1.82, 2.24) is 5.32 Å². The third-order valence-electron chi connectivity index (χ3n) is 2.02. The van der Waals surface area contributed by atoms with Crippen LogP contribution in [0.3, 0.4) is 0 Å². The van der Waals surface area contributed by atoms with Crippen LogP contribution in [0.15, 0.2) is 0 Å². The van der Waals surface area contributed by atoms with E-state index in [1.165, 1.54) is 0 Å². The number of amides is 1. The van der Waals surface area contributed by atoms with E-state index >= 15 is 0 Å². The Morgan fingerprint density at radius 2 is 2.29 bits per heavy atom. The standard InChI is InChI=1S/C8H13NO5/c10-4-5(8(12)13)9-7(11)6-2-1-3-14-6/h5-6,10H,1-4H2,(H,9,11)(H,12,13)/t5-,6-/m0/s1. The van der Waals surface area contributed by atoms with Crippen molar-refractivity contribution in [3.05, 3.63) is 0 Å². The number of nitrogens with one attached hydrogen (secondary N) is 1. The summed E-state index contributed by atoms with van der Waals surface area (Å²) in [6.07, 6.45) is 0.835. The zero-order chi connectivity index (χ0) is 10.6. The van der Waals surface area contributed by atoms with E-state index in [0.29, 0.717) is 13.0 Å². The van der Waals surface area contributed by atoms with Crippen molar-refractivity contribution in [3.63, 3.8) is 0 Å². The minimum Gasteiger partial charge on any atom is -0.480 e. The molecule has 1 saturated heterocycles. The quantitative estimate of drug-likeness (QED) is 0.529. The summed E-state index contributed by atoms with van der Waals surface area (Å²) in [5.41, 5.74) is 0. The second kappa shape index (κ2) is 4.92. The van der Waals surface area contributed by atoms with Crippen molar-refractivity contribution in [2.75, 3.05) is 13.2 Å². The van der Waals surface area contributed by atoms with Gasteiger partial charge in [0.25, 0.3) is 0 Å². The first-order valence-electron chi connectivity index (χ1n) is 4.40. The Morgan fingerprint density at radius 1 is 1.57 bits per heavy atom. The molecule has 6 heteroatoms. The smallest absolute Gasteiger partial charge is 0.328 e. The lowest BCUT2D eigenvalue weighted by Crippen LogP contribution is -2.47. The number of carboxylic acids is 1. The fourth-order valence-corrected chi connectivity index (χ4v) is 1.23. The number of carboxylic acid groups (broad SMARTS) is 1. The predicted octanol–water partition coefficient (Wildman–Crippen LogP) is -1.27. The zero-order valence-corrected chi connectivity index (χ0v) is 7.60. The van der Waals surface area contributed by atoms with Gasteiger partial charge in [-0.05, 0) is 12.8 Å². The Kier molecular flexibility index (Phi) is 3.84. The van der Waals surface area contributed by atoms with Crippen LogP contribution in [0, 0.1) is 0 Å². The number of carbonyl (C=O) groups excluding carboxylic acids is 1. The largest absolute Gasteiger partial charge is 0.480 e. The highest BCUT2D eigenvalue weighted by molar-refractivity contribution is 5.86. The molecule has 1 amide bonds. The van der Waals surface area contributed by atoms with E-state index in [0.717, 1.165) is 6.42 Å². The molecule has 1 aliphatic heterocycles. The molecule has 14 heavy (non-hydrogen) atoms. The normalized spacial score (nSPS) is 23.1. The average Bonchev–Trinajstić information content (AvgIpc) is 2.65. The molecule has 80 valence electrons. The number of ether oxygens (including phenoxy) is 1. The maximum Gasteiger partial charge on any atom is 0.328 e. The Morgan fingerprint density at radius 3 is 2.71 bits per heavy atom. The van der Waals surface area contributed by atoms with Gasteiger partial charge in [0, 0.05) is 6.61 Å². The first-order valence-corrected chi connectivity index (χ1v) is 4.40. The van der Waals surface area contributed by atoms with E-state index < -0.39 is 30.6 Å². The minimum absolute atomic E-state index is 0.469. The molecule has 1 rings (SSSR count). The van der Waals surface area contributed by atoms with Gasteiger partial charge in [-0.3, -0.25) is 4.79 Å². The highest BCUT2D eigenvalue weighted by Crippen LogP contribution is 2.11. The second-order valence-corrected chi connectivity index (χ2v) is 3.08. The fourth-order valence-electron chi connectivity index (χ4n) is 1.23. The molecule has 0 aliphatic carbocycles. The van der Waals surface area contributed by atoms with Gasteiger partial charge >= 0.3 is 5.97 Å². The molecule has 0 aromatic carbocycles. The number of aliphatic hydroxyl groups excluding tert-OH is 1. The summed E-state index contributed by atoms with van der Waals surface area (Å²) in [5, 5.41) is 19.4. The van der Waals surface area contributed by atoms with Crippen LogP contribution in [0.25, 0.3) is 0 Å². The number of hydrogen-bond donors (Lipinski definition) is 3. The Balaban J connectivity index is 2.41. The van der Waals surface area contributed by atoms with Crippen molar-refractivity contribution >= 4 is 11.9 Å². The van der Waals surface area contributed by atoms with Crippen molar-refractivity contribution in [2.45, 2.75) is 25.0 Å². The third-order valence-corrected chi connectivity index (χ3v) is 2.02. The molecule has 6 nitrogen and oxygen atoms in total. The average molecular weight is 203 g/mol. The molecule has 2 atom stereocenters. The Bertz CT molecular complexity index is 224. The first-order chi connectivity index (χ1) is 6.65. The molecule has 0 unspecified atom stereocenters. The van der Waals surface area contributed by atoms with Crippen LogP contribution in [-0.4, -0.2) is 47.4 Å². The summed E-state index contributed by atoms with van der Waals surface area (Å²) in [5.74, 6) is -1.72. The second-order valence-electron chi connectivity index (χ2n) is 3.08. The van der Waals surface area contributed by atoms with Gasteiger partial charge in [0.15, 0.2) is 0 Å². The molecule has 0 saturated carbocycles. The number of rotatable bonds is 4. The topological polar surface area (TPSA) is 95.9 Å². The summed E-state index contributed by atoms with van der Waals surface area (Å²) >= 11 is 0. The van der Waals surface area contributed by atoms with E-state index in [-0.39, 0.29) is 0 Å². The van der Waals surface area contributed by atoms with E-state index in [1.54, 1.807) is 0 Å². The number of aliphatic hydroxyl groups is 1. The molecule has 0 aromatic heterocycles. The molecular weight excluding hydrogens is 190 g/mol. The lowest BCUT2D eigenvalue weighted by molar-refractivity contribution is -0.144. The monoisotopic (exact) mass is 203 g/mol. The van der Waals surface area contributed by atoms with Gasteiger partial charge in [-0.25, -0.2) is 4.79 Å². The highest BCUT2D eigenvalue weighted by Gasteiger charge is 2.27. The van der Waals surface area contributed by atoms with Gasteiger partial charge in [0.05, 0.1) is 6.61 Å². The van der Waals surface area contributed by atoms with Crippen LogP contribution >= 0.6 is 0 Å². The van der Waals surface area contributed by atoms with Gasteiger partial charge in [0.1, 0.15) is 12.1 Å². The zero-order valence-electron chi connectivity index (χ0n) is 7.60. The molecule has 1 fully saturated rings. The van der Waals surface area contributed by atoms with Crippen LogP contribution in [-0.2, 0) is 14.3 Å². The van der Waals surface area contributed by atoms with Gasteiger partial charge in [0.2, 0.25) is 5.91 Å². The summed E-state index contributed by atoms with van der Waals surface area (Å²) in [6.45, 7) is -0.0945. The van der Waals surface area contributed by atoms with Crippen LogP contribution in [0.4, 0.5) is 0 Å². The van der Waals surface area contributed by atoms with Gasteiger partial charge in [-0.1, -0.05) is 0 Å².